The first-order valence-electron chi connectivity index (χ1n) is 10.1. The number of aliphatic imine (C=N–C) groups is 1. The second-order valence-corrected chi connectivity index (χ2v) is 7.27. The number of nitrogens with one attached hydrogen (secondary N) is 2. The Morgan fingerprint density at radius 3 is 2.69 bits per heavy atom. The van der Waals surface area contributed by atoms with Crippen LogP contribution in [-0.2, 0) is 6.54 Å². The number of piperidine rings is 1. The molecular formula is C21H36N4O. The van der Waals surface area contributed by atoms with Crippen molar-refractivity contribution in [1.29, 1.82) is 0 Å². The third-order valence-electron chi connectivity index (χ3n) is 4.50. The summed E-state index contributed by atoms with van der Waals surface area (Å²) >= 11 is 0. The zero-order valence-electron chi connectivity index (χ0n) is 16.9. The van der Waals surface area contributed by atoms with Gasteiger partial charge in [-0.15, -0.1) is 0 Å². The second kappa shape index (κ2) is 11.1. The van der Waals surface area contributed by atoms with Crippen molar-refractivity contribution >= 4 is 5.96 Å². The Morgan fingerprint density at radius 2 is 2.04 bits per heavy atom. The van der Waals surface area contributed by atoms with Crippen molar-refractivity contribution in [3.63, 3.8) is 0 Å². The molecule has 26 heavy (non-hydrogen) atoms. The summed E-state index contributed by atoms with van der Waals surface area (Å²) in [6.07, 6.45) is 3.79. The normalized spacial score (nSPS) is 16.7. The number of ether oxygens (including phenoxy) is 1. The molecular weight excluding hydrogens is 324 g/mol. The predicted octanol–water partition coefficient (Wildman–Crippen LogP) is 3.40. The summed E-state index contributed by atoms with van der Waals surface area (Å²) in [6.45, 7) is 13.6. The molecule has 1 aromatic rings. The molecule has 1 aliphatic rings. The van der Waals surface area contributed by atoms with E-state index >= 15 is 0 Å². The van der Waals surface area contributed by atoms with E-state index in [0.29, 0.717) is 12.6 Å². The van der Waals surface area contributed by atoms with E-state index in [1.54, 1.807) is 0 Å². The van der Waals surface area contributed by atoms with Crippen LogP contribution in [0, 0.1) is 0 Å². The SMILES string of the molecule is CCCN1CCC(NC(=NCc2cccc(OC(C)C)c2)NCC)CC1. The van der Waals surface area contributed by atoms with Gasteiger partial charge in [-0.3, -0.25) is 0 Å². The smallest absolute Gasteiger partial charge is 0.191 e. The van der Waals surface area contributed by atoms with Crippen LogP contribution in [0.3, 0.4) is 0 Å². The number of rotatable bonds is 8. The van der Waals surface area contributed by atoms with E-state index < -0.39 is 0 Å². The highest BCUT2D eigenvalue weighted by Gasteiger charge is 2.19. The maximum Gasteiger partial charge on any atom is 0.191 e. The molecule has 0 spiro atoms. The lowest BCUT2D eigenvalue weighted by atomic mass is 10.1. The quantitative estimate of drug-likeness (QED) is 0.551. The van der Waals surface area contributed by atoms with Gasteiger partial charge in [0, 0.05) is 25.7 Å². The fraction of sp³-hybridized carbons (Fsp3) is 0.667. The summed E-state index contributed by atoms with van der Waals surface area (Å²) in [5, 5.41) is 6.99. The molecule has 2 rings (SSSR count). The van der Waals surface area contributed by atoms with Crippen LogP contribution in [0.4, 0.5) is 0 Å². The number of benzene rings is 1. The van der Waals surface area contributed by atoms with Crippen LogP contribution >= 0.6 is 0 Å². The van der Waals surface area contributed by atoms with E-state index in [0.717, 1.165) is 23.8 Å². The fourth-order valence-electron chi connectivity index (χ4n) is 3.29. The summed E-state index contributed by atoms with van der Waals surface area (Å²) in [5.74, 6) is 1.82. The summed E-state index contributed by atoms with van der Waals surface area (Å²) in [4.78, 5) is 7.34. The van der Waals surface area contributed by atoms with E-state index in [1.807, 2.05) is 26.0 Å². The molecule has 5 nitrogen and oxygen atoms in total. The van der Waals surface area contributed by atoms with Gasteiger partial charge in [0.25, 0.3) is 0 Å². The molecule has 2 N–H and O–H groups in total. The zero-order valence-corrected chi connectivity index (χ0v) is 16.9. The molecule has 0 unspecified atom stereocenters. The van der Waals surface area contributed by atoms with Gasteiger partial charge in [-0.2, -0.15) is 0 Å². The minimum absolute atomic E-state index is 0.186. The van der Waals surface area contributed by atoms with Crippen LogP contribution < -0.4 is 15.4 Å². The molecule has 0 atom stereocenters. The Balaban J connectivity index is 1.90. The highest BCUT2D eigenvalue weighted by Crippen LogP contribution is 2.16. The topological polar surface area (TPSA) is 48.9 Å². The lowest BCUT2D eigenvalue weighted by Gasteiger charge is -2.32. The molecule has 0 amide bonds. The average molecular weight is 361 g/mol. The zero-order chi connectivity index (χ0) is 18.8. The van der Waals surface area contributed by atoms with Crippen LogP contribution in [0.5, 0.6) is 5.75 Å². The van der Waals surface area contributed by atoms with E-state index in [9.17, 15) is 0 Å². The van der Waals surface area contributed by atoms with E-state index in [2.05, 4.69) is 41.5 Å². The Labute approximate surface area is 159 Å². The summed E-state index contributed by atoms with van der Waals surface area (Å²) in [5.41, 5.74) is 1.16. The van der Waals surface area contributed by atoms with Gasteiger partial charge in [0.15, 0.2) is 5.96 Å². The van der Waals surface area contributed by atoms with E-state index in [-0.39, 0.29) is 6.10 Å². The van der Waals surface area contributed by atoms with Crippen molar-refractivity contribution < 1.29 is 4.74 Å². The second-order valence-electron chi connectivity index (χ2n) is 7.27. The Bertz CT molecular complexity index is 551. The monoisotopic (exact) mass is 360 g/mol. The highest BCUT2D eigenvalue weighted by atomic mass is 16.5. The number of hydrogen-bond donors (Lipinski definition) is 2. The van der Waals surface area contributed by atoms with Crippen LogP contribution in [0.25, 0.3) is 0 Å². The predicted molar refractivity (Wildman–Crippen MR) is 110 cm³/mol. The Kier molecular flexibility index (Phi) is 8.75. The molecule has 1 saturated heterocycles. The molecule has 0 aromatic heterocycles. The number of likely N-dealkylation sites (tertiary alicyclic amines) is 1. The summed E-state index contributed by atoms with van der Waals surface area (Å²) in [6, 6.07) is 8.73. The van der Waals surface area contributed by atoms with Crippen molar-refractivity contribution in [2.24, 2.45) is 4.99 Å². The number of nitrogens with zero attached hydrogens (tertiary/aromatic N) is 2. The first-order chi connectivity index (χ1) is 12.6. The molecule has 0 bridgehead atoms. The lowest BCUT2D eigenvalue weighted by Crippen LogP contribution is -2.48. The molecule has 1 heterocycles. The number of hydrogen-bond acceptors (Lipinski definition) is 3. The summed E-state index contributed by atoms with van der Waals surface area (Å²) in [7, 11) is 0. The maximum atomic E-state index is 5.78. The maximum absolute atomic E-state index is 5.78. The van der Waals surface area contributed by atoms with Crippen molar-refractivity contribution in [1.82, 2.24) is 15.5 Å². The first kappa shape index (κ1) is 20.6. The fourth-order valence-corrected chi connectivity index (χ4v) is 3.29. The third-order valence-corrected chi connectivity index (χ3v) is 4.50. The van der Waals surface area contributed by atoms with Gasteiger partial charge in [-0.05, 0) is 64.3 Å². The Hall–Kier alpha value is -1.75. The molecule has 5 heteroatoms. The van der Waals surface area contributed by atoms with Crippen molar-refractivity contribution in [2.45, 2.75) is 65.6 Å². The van der Waals surface area contributed by atoms with Gasteiger partial charge in [0.2, 0.25) is 0 Å². The molecule has 0 aliphatic carbocycles. The van der Waals surface area contributed by atoms with Gasteiger partial charge in [-0.25, -0.2) is 4.99 Å². The third kappa shape index (κ3) is 7.24. The van der Waals surface area contributed by atoms with E-state index in [4.69, 9.17) is 9.73 Å². The van der Waals surface area contributed by atoms with Gasteiger partial charge in [-0.1, -0.05) is 19.1 Å². The lowest BCUT2D eigenvalue weighted by molar-refractivity contribution is 0.206. The first-order valence-corrected chi connectivity index (χ1v) is 10.1. The van der Waals surface area contributed by atoms with Gasteiger partial charge < -0.3 is 20.3 Å². The molecule has 1 aromatic carbocycles. The van der Waals surface area contributed by atoms with Crippen LogP contribution in [0.15, 0.2) is 29.3 Å². The molecule has 0 saturated carbocycles. The minimum atomic E-state index is 0.186. The molecule has 1 aliphatic heterocycles. The average Bonchev–Trinajstić information content (AvgIpc) is 2.61. The van der Waals surface area contributed by atoms with Crippen molar-refractivity contribution in [3.05, 3.63) is 29.8 Å². The molecule has 1 fully saturated rings. The van der Waals surface area contributed by atoms with Crippen LogP contribution in [0.1, 0.15) is 52.5 Å². The molecule has 146 valence electrons. The van der Waals surface area contributed by atoms with E-state index in [1.165, 1.54) is 38.9 Å². The van der Waals surface area contributed by atoms with Crippen molar-refractivity contribution in [3.8, 4) is 5.75 Å². The Morgan fingerprint density at radius 1 is 1.27 bits per heavy atom. The van der Waals surface area contributed by atoms with Crippen LogP contribution in [0.2, 0.25) is 0 Å². The van der Waals surface area contributed by atoms with Gasteiger partial charge in [0.05, 0.1) is 12.6 Å². The van der Waals surface area contributed by atoms with Crippen LogP contribution in [-0.4, -0.2) is 49.2 Å². The largest absolute Gasteiger partial charge is 0.491 e. The van der Waals surface area contributed by atoms with Gasteiger partial charge in [0.1, 0.15) is 5.75 Å². The standard InChI is InChI=1S/C21H36N4O/c1-5-12-25-13-10-19(11-14-25)24-21(22-6-2)23-16-18-8-7-9-20(15-18)26-17(3)4/h7-9,15,17,19H,5-6,10-14,16H2,1-4H3,(H2,22,23,24). The summed E-state index contributed by atoms with van der Waals surface area (Å²) < 4.78 is 5.78. The van der Waals surface area contributed by atoms with Gasteiger partial charge >= 0.3 is 0 Å². The minimum Gasteiger partial charge on any atom is -0.491 e. The number of guanidine groups is 1. The molecule has 0 radical (unpaired) electrons. The van der Waals surface area contributed by atoms with Crippen molar-refractivity contribution in [2.75, 3.05) is 26.2 Å². The highest BCUT2D eigenvalue weighted by molar-refractivity contribution is 5.80.